The van der Waals surface area contributed by atoms with Crippen LogP contribution in [-0.4, -0.2) is 55.8 Å². The van der Waals surface area contributed by atoms with Crippen molar-refractivity contribution in [3.63, 3.8) is 0 Å². The maximum Gasteiger partial charge on any atom is 0.191 e. The van der Waals surface area contributed by atoms with Gasteiger partial charge in [0.25, 0.3) is 0 Å². The molecule has 0 bridgehead atoms. The predicted molar refractivity (Wildman–Crippen MR) is 112 cm³/mol. The zero-order valence-corrected chi connectivity index (χ0v) is 17.1. The lowest BCUT2D eigenvalue weighted by Crippen LogP contribution is -2.45. The minimum absolute atomic E-state index is 0.488. The first-order valence-corrected chi connectivity index (χ1v) is 11.0. The summed E-state index contributed by atoms with van der Waals surface area (Å²) in [6, 6.07) is 7.45. The molecule has 6 nitrogen and oxygen atoms in total. The molecule has 1 unspecified atom stereocenters. The second-order valence-corrected chi connectivity index (χ2v) is 8.09. The van der Waals surface area contributed by atoms with Crippen LogP contribution < -0.4 is 20.1 Å². The zero-order chi connectivity index (χ0) is 19.2. The van der Waals surface area contributed by atoms with E-state index < -0.39 is 0 Å². The summed E-state index contributed by atoms with van der Waals surface area (Å²) in [4.78, 5) is 7.50. The van der Waals surface area contributed by atoms with E-state index in [4.69, 9.17) is 14.5 Å². The first-order chi connectivity index (χ1) is 13.8. The van der Waals surface area contributed by atoms with Crippen LogP contribution in [0.15, 0.2) is 23.2 Å². The van der Waals surface area contributed by atoms with Gasteiger partial charge in [0.15, 0.2) is 17.5 Å². The summed E-state index contributed by atoms with van der Waals surface area (Å²) in [6.45, 7) is 7.39. The summed E-state index contributed by atoms with van der Waals surface area (Å²) in [5, 5.41) is 7.06. The fourth-order valence-corrected chi connectivity index (χ4v) is 4.50. The standard InChI is InChI=1S/C22H34N4O2/c1-2-23-22(25-18-10-11-26(16-18)19-6-3-4-7-19)24-15-17-8-9-20-21(14-17)28-13-5-12-27-20/h8-9,14,18-19H,2-7,10-13,15-16H2,1H3,(H2,23,24,25). The third kappa shape index (κ3) is 4.90. The van der Waals surface area contributed by atoms with Gasteiger partial charge in [0.05, 0.1) is 19.8 Å². The Bertz CT molecular complexity index is 673. The van der Waals surface area contributed by atoms with Crippen molar-refractivity contribution in [2.75, 3.05) is 32.8 Å². The quantitative estimate of drug-likeness (QED) is 0.602. The van der Waals surface area contributed by atoms with Gasteiger partial charge in [0.2, 0.25) is 0 Å². The van der Waals surface area contributed by atoms with Crippen LogP contribution in [0.2, 0.25) is 0 Å². The van der Waals surface area contributed by atoms with E-state index in [1.807, 2.05) is 6.07 Å². The molecule has 1 saturated carbocycles. The van der Waals surface area contributed by atoms with E-state index in [1.165, 1.54) is 38.6 Å². The Morgan fingerprint density at radius 1 is 1.11 bits per heavy atom. The predicted octanol–water partition coefficient (Wildman–Crippen LogP) is 2.92. The van der Waals surface area contributed by atoms with Crippen LogP contribution in [0.25, 0.3) is 0 Å². The summed E-state index contributed by atoms with van der Waals surface area (Å²) >= 11 is 0. The summed E-state index contributed by atoms with van der Waals surface area (Å²) in [5.41, 5.74) is 1.14. The molecule has 1 aliphatic carbocycles. The van der Waals surface area contributed by atoms with E-state index in [1.54, 1.807) is 0 Å². The summed E-state index contributed by atoms with van der Waals surface area (Å²) in [7, 11) is 0. The Balaban J connectivity index is 1.35. The van der Waals surface area contributed by atoms with Gasteiger partial charge in [-0.15, -0.1) is 0 Å². The van der Waals surface area contributed by atoms with Gasteiger partial charge >= 0.3 is 0 Å². The van der Waals surface area contributed by atoms with Gasteiger partial charge in [-0.1, -0.05) is 18.9 Å². The Kier molecular flexibility index (Phi) is 6.57. The largest absolute Gasteiger partial charge is 0.490 e. The minimum Gasteiger partial charge on any atom is -0.490 e. The van der Waals surface area contributed by atoms with Crippen LogP contribution in [0.5, 0.6) is 11.5 Å². The average Bonchev–Trinajstić information content (AvgIpc) is 3.34. The van der Waals surface area contributed by atoms with Crippen molar-refractivity contribution < 1.29 is 9.47 Å². The number of hydrogen-bond donors (Lipinski definition) is 2. The van der Waals surface area contributed by atoms with Crippen LogP contribution in [-0.2, 0) is 6.54 Å². The van der Waals surface area contributed by atoms with Gasteiger partial charge in [-0.3, -0.25) is 4.90 Å². The molecule has 1 atom stereocenters. The summed E-state index contributed by atoms with van der Waals surface area (Å²) < 4.78 is 11.5. The number of ether oxygens (including phenoxy) is 2. The second-order valence-electron chi connectivity index (χ2n) is 8.09. The third-order valence-corrected chi connectivity index (χ3v) is 5.98. The van der Waals surface area contributed by atoms with E-state index >= 15 is 0 Å². The van der Waals surface area contributed by atoms with E-state index in [0.29, 0.717) is 19.2 Å². The molecule has 0 aromatic heterocycles. The maximum atomic E-state index is 5.80. The van der Waals surface area contributed by atoms with Crippen molar-refractivity contribution in [3.05, 3.63) is 23.8 Å². The number of nitrogens with one attached hydrogen (secondary N) is 2. The van der Waals surface area contributed by atoms with Gasteiger partial charge in [0.1, 0.15) is 0 Å². The highest BCUT2D eigenvalue weighted by atomic mass is 16.5. The molecular weight excluding hydrogens is 352 g/mol. The molecule has 2 fully saturated rings. The first-order valence-electron chi connectivity index (χ1n) is 11.0. The van der Waals surface area contributed by atoms with Crippen molar-refractivity contribution in [2.45, 2.75) is 64.1 Å². The Morgan fingerprint density at radius 3 is 2.75 bits per heavy atom. The molecule has 2 aliphatic heterocycles. The van der Waals surface area contributed by atoms with Crippen LogP contribution in [0, 0.1) is 0 Å². The molecule has 1 aromatic rings. The molecule has 154 valence electrons. The molecule has 4 rings (SSSR count). The molecule has 0 radical (unpaired) electrons. The van der Waals surface area contributed by atoms with Gasteiger partial charge in [-0.25, -0.2) is 4.99 Å². The molecule has 2 heterocycles. The van der Waals surface area contributed by atoms with Crippen molar-refractivity contribution in [1.29, 1.82) is 0 Å². The number of fused-ring (bicyclic) bond motifs is 1. The van der Waals surface area contributed by atoms with Gasteiger partial charge in [-0.05, 0) is 43.9 Å². The minimum atomic E-state index is 0.488. The van der Waals surface area contributed by atoms with Crippen LogP contribution in [0.1, 0.15) is 51.0 Å². The highest BCUT2D eigenvalue weighted by Crippen LogP contribution is 2.30. The Labute approximate surface area is 168 Å². The Morgan fingerprint density at radius 2 is 1.93 bits per heavy atom. The molecule has 28 heavy (non-hydrogen) atoms. The highest BCUT2D eigenvalue weighted by molar-refractivity contribution is 5.80. The lowest BCUT2D eigenvalue weighted by atomic mass is 10.2. The summed E-state index contributed by atoms with van der Waals surface area (Å²) in [5.74, 6) is 2.59. The van der Waals surface area contributed by atoms with Crippen LogP contribution in [0.3, 0.4) is 0 Å². The lowest BCUT2D eigenvalue weighted by Gasteiger charge is -2.24. The number of benzene rings is 1. The molecule has 0 spiro atoms. The smallest absolute Gasteiger partial charge is 0.191 e. The topological polar surface area (TPSA) is 58.1 Å². The molecule has 2 N–H and O–H groups in total. The zero-order valence-electron chi connectivity index (χ0n) is 17.1. The molecule has 1 aromatic carbocycles. The van der Waals surface area contributed by atoms with Gasteiger partial charge in [0, 0.05) is 38.1 Å². The number of hydrogen-bond acceptors (Lipinski definition) is 4. The van der Waals surface area contributed by atoms with E-state index in [-0.39, 0.29) is 0 Å². The van der Waals surface area contributed by atoms with Crippen LogP contribution in [0.4, 0.5) is 0 Å². The average molecular weight is 387 g/mol. The first kappa shape index (κ1) is 19.4. The monoisotopic (exact) mass is 386 g/mol. The van der Waals surface area contributed by atoms with Crippen molar-refractivity contribution in [3.8, 4) is 11.5 Å². The van der Waals surface area contributed by atoms with Crippen molar-refractivity contribution in [1.82, 2.24) is 15.5 Å². The maximum absolute atomic E-state index is 5.80. The normalized spacial score (nSPS) is 23.6. The van der Waals surface area contributed by atoms with E-state index in [0.717, 1.165) is 55.2 Å². The molecule has 3 aliphatic rings. The molecule has 1 saturated heterocycles. The molecular formula is C22H34N4O2. The fraction of sp³-hybridized carbons (Fsp3) is 0.682. The number of aliphatic imine (C=N–C) groups is 1. The van der Waals surface area contributed by atoms with Crippen molar-refractivity contribution in [2.24, 2.45) is 4.99 Å². The number of nitrogens with zero attached hydrogens (tertiary/aromatic N) is 2. The summed E-state index contributed by atoms with van der Waals surface area (Å²) in [6.07, 6.45) is 7.69. The lowest BCUT2D eigenvalue weighted by molar-refractivity contribution is 0.242. The molecule has 0 amide bonds. The number of likely N-dealkylation sites (tertiary alicyclic amines) is 1. The van der Waals surface area contributed by atoms with Gasteiger partial charge in [-0.2, -0.15) is 0 Å². The number of guanidine groups is 1. The third-order valence-electron chi connectivity index (χ3n) is 5.98. The van der Waals surface area contributed by atoms with Crippen molar-refractivity contribution >= 4 is 5.96 Å². The Hall–Kier alpha value is -1.95. The van der Waals surface area contributed by atoms with Crippen LogP contribution >= 0.6 is 0 Å². The SMILES string of the molecule is CCNC(=NCc1ccc2c(c1)OCCCO2)NC1CCN(C2CCCC2)C1. The fourth-order valence-electron chi connectivity index (χ4n) is 4.50. The highest BCUT2D eigenvalue weighted by Gasteiger charge is 2.30. The van der Waals surface area contributed by atoms with E-state index in [2.05, 4.69) is 34.6 Å². The number of rotatable bonds is 5. The molecule has 6 heteroatoms. The van der Waals surface area contributed by atoms with Gasteiger partial charge < -0.3 is 20.1 Å². The van der Waals surface area contributed by atoms with E-state index in [9.17, 15) is 0 Å². The second kappa shape index (κ2) is 9.50.